The molecule has 122 valence electrons. The molecule has 0 spiro atoms. The molecule has 2 aromatic carbocycles. The van der Waals surface area contributed by atoms with E-state index in [1.54, 1.807) is 14.2 Å². The third-order valence-electron chi connectivity index (χ3n) is 3.91. The summed E-state index contributed by atoms with van der Waals surface area (Å²) in [4.78, 5) is 4.47. The lowest BCUT2D eigenvalue weighted by Crippen LogP contribution is -2.06. The normalized spacial score (nSPS) is 12.3. The molecule has 0 aliphatic carbocycles. The average molecular weight is 312 g/mol. The van der Waals surface area contributed by atoms with Gasteiger partial charge in [0.2, 0.25) is 0 Å². The van der Waals surface area contributed by atoms with Gasteiger partial charge in [-0.05, 0) is 49.1 Å². The van der Waals surface area contributed by atoms with E-state index in [1.807, 2.05) is 19.1 Å². The van der Waals surface area contributed by atoms with Gasteiger partial charge in [0, 0.05) is 0 Å². The number of aryl methyl sites for hydroxylation is 2. The molecule has 0 heterocycles. The number of methoxy groups -OCH3 is 2. The summed E-state index contributed by atoms with van der Waals surface area (Å²) in [6.07, 6.45) is 2.16. The van der Waals surface area contributed by atoms with Crippen LogP contribution in [0.25, 0.3) is 0 Å². The summed E-state index contributed by atoms with van der Waals surface area (Å²) in [7, 11) is 3.28. The lowest BCUT2D eigenvalue weighted by atomic mass is 9.94. The molecule has 1 unspecified atom stereocenters. The SMILES string of the molecule is COc1cc(C)c(C(Cc2cccc(C)c2)N=CN)cc1OC. The van der Waals surface area contributed by atoms with Crippen LogP contribution in [0, 0.1) is 13.8 Å². The van der Waals surface area contributed by atoms with Crippen molar-refractivity contribution in [2.75, 3.05) is 14.2 Å². The second-order valence-corrected chi connectivity index (χ2v) is 5.57. The second kappa shape index (κ2) is 7.68. The van der Waals surface area contributed by atoms with Crippen LogP contribution in [0.2, 0.25) is 0 Å². The van der Waals surface area contributed by atoms with Crippen LogP contribution in [0.15, 0.2) is 41.4 Å². The van der Waals surface area contributed by atoms with E-state index >= 15 is 0 Å². The van der Waals surface area contributed by atoms with Gasteiger partial charge in [0.15, 0.2) is 11.5 Å². The largest absolute Gasteiger partial charge is 0.493 e. The molecule has 0 aliphatic heterocycles. The Balaban J connectivity index is 2.41. The molecule has 0 bridgehead atoms. The molecule has 2 N–H and O–H groups in total. The van der Waals surface area contributed by atoms with Crippen LogP contribution in [-0.2, 0) is 6.42 Å². The molecule has 0 saturated heterocycles. The Morgan fingerprint density at radius 1 is 1.09 bits per heavy atom. The van der Waals surface area contributed by atoms with E-state index in [4.69, 9.17) is 15.2 Å². The standard InChI is InChI=1S/C19H24N2O2/c1-13-6-5-7-15(8-13)10-17(21-12-20)16-11-19(23-4)18(22-3)9-14(16)2/h5-9,11-12,17H,10H2,1-4H3,(H2,20,21). The predicted molar refractivity (Wildman–Crippen MR) is 94.6 cm³/mol. The zero-order chi connectivity index (χ0) is 16.8. The van der Waals surface area contributed by atoms with E-state index in [-0.39, 0.29) is 6.04 Å². The molecule has 0 amide bonds. The molecule has 2 aromatic rings. The second-order valence-electron chi connectivity index (χ2n) is 5.57. The van der Waals surface area contributed by atoms with Crippen LogP contribution in [0.1, 0.15) is 28.3 Å². The summed E-state index contributed by atoms with van der Waals surface area (Å²) in [5.41, 5.74) is 10.2. The first-order valence-electron chi connectivity index (χ1n) is 7.60. The first-order valence-corrected chi connectivity index (χ1v) is 7.60. The summed E-state index contributed by atoms with van der Waals surface area (Å²) >= 11 is 0. The molecule has 0 aliphatic rings. The summed E-state index contributed by atoms with van der Waals surface area (Å²) in [6, 6.07) is 12.4. The monoisotopic (exact) mass is 312 g/mol. The van der Waals surface area contributed by atoms with E-state index in [2.05, 4.69) is 36.2 Å². The number of aliphatic imine (C=N–C) groups is 1. The van der Waals surface area contributed by atoms with Gasteiger partial charge in [-0.1, -0.05) is 29.8 Å². The smallest absolute Gasteiger partial charge is 0.161 e. The van der Waals surface area contributed by atoms with Gasteiger partial charge in [-0.2, -0.15) is 0 Å². The lowest BCUT2D eigenvalue weighted by molar-refractivity contribution is 0.354. The van der Waals surface area contributed by atoms with Crippen molar-refractivity contribution in [2.24, 2.45) is 10.7 Å². The number of ether oxygens (including phenoxy) is 2. The highest BCUT2D eigenvalue weighted by Crippen LogP contribution is 2.35. The van der Waals surface area contributed by atoms with Gasteiger partial charge in [0.25, 0.3) is 0 Å². The van der Waals surface area contributed by atoms with Crippen molar-refractivity contribution in [1.29, 1.82) is 0 Å². The van der Waals surface area contributed by atoms with Crippen LogP contribution in [-0.4, -0.2) is 20.6 Å². The number of nitrogens with zero attached hydrogens (tertiary/aromatic N) is 1. The predicted octanol–water partition coefficient (Wildman–Crippen LogP) is 3.59. The Morgan fingerprint density at radius 3 is 2.39 bits per heavy atom. The first kappa shape index (κ1) is 16.9. The van der Waals surface area contributed by atoms with Crippen molar-refractivity contribution in [2.45, 2.75) is 26.3 Å². The Kier molecular flexibility index (Phi) is 5.63. The van der Waals surface area contributed by atoms with Crippen molar-refractivity contribution < 1.29 is 9.47 Å². The summed E-state index contributed by atoms with van der Waals surface area (Å²) in [6.45, 7) is 4.14. The number of hydrogen-bond donors (Lipinski definition) is 1. The summed E-state index contributed by atoms with van der Waals surface area (Å²) < 4.78 is 10.8. The zero-order valence-corrected chi connectivity index (χ0v) is 14.2. The maximum atomic E-state index is 5.58. The highest BCUT2D eigenvalue weighted by molar-refractivity contribution is 5.54. The first-order chi connectivity index (χ1) is 11.1. The Hall–Kier alpha value is -2.49. The molecule has 23 heavy (non-hydrogen) atoms. The Bertz CT molecular complexity index is 696. The van der Waals surface area contributed by atoms with E-state index in [0.29, 0.717) is 5.75 Å². The van der Waals surface area contributed by atoms with Gasteiger partial charge in [0.1, 0.15) is 0 Å². The van der Waals surface area contributed by atoms with Gasteiger partial charge in [-0.3, -0.25) is 4.99 Å². The molecule has 4 heteroatoms. The maximum absolute atomic E-state index is 5.58. The van der Waals surface area contributed by atoms with E-state index in [1.165, 1.54) is 17.5 Å². The van der Waals surface area contributed by atoms with E-state index in [0.717, 1.165) is 23.3 Å². The topological polar surface area (TPSA) is 56.8 Å². The van der Waals surface area contributed by atoms with Gasteiger partial charge < -0.3 is 15.2 Å². The third-order valence-corrected chi connectivity index (χ3v) is 3.91. The molecule has 4 nitrogen and oxygen atoms in total. The number of rotatable bonds is 6. The Labute approximate surface area is 138 Å². The molecule has 0 radical (unpaired) electrons. The van der Waals surface area contributed by atoms with Gasteiger partial charge in [-0.15, -0.1) is 0 Å². The van der Waals surface area contributed by atoms with Crippen LogP contribution < -0.4 is 15.2 Å². The molecular formula is C19H24N2O2. The third kappa shape index (κ3) is 4.03. The quantitative estimate of drug-likeness (QED) is 0.655. The molecule has 2 rings (SSSR count). The minimum Gasteiger partial charge on any atom is -0.493 e. The molecule has 0 fully saturated rings. The number of benzene rings is 2. The fraction of sp³-hybridized carbons (Fsp3) is 0.316. The van der Waals surface area contributed by atoms with E-state index < -0.39 is 0 Å². The van der Waals surface area contributed by atoms with Gasteiger partial charge >= 0.3 is 0 Å². The molecule has 0 saturated carbocycles. The summed E-state index contributed by atoms with van der Waals surface area (Å²) in [5.74, 6) is 1.43. The number of hydrogen-bond acceptors (Lipinski definition) is 3. The fourth-order valence-corrected chi connectivity index (χ4v) is 2.76. The highest BCUT2D eigenvalue weighted by Gasteiger charge is 2.17. The van der Waals surface area contributed by atoms with Crippen molar-refractivity contribution in [3.8, 4) is 11.5 Å². The van der Waals surface area contributed by atoms with Crippen LogP contribution in [0.3, 0.4) is 0 Å². The fourth-order valence-electron chi connectivity index (χ4n) is 2.76. The van der Waals surface area contributed by atoms with Crippen molar-refractivity contribution in [1.82, 2.24) is 0 Å². The average Bonchev–Trinajstić information content (AvgIpc) is 2.54. The number of nitrogens with two attached hydrogens (primary N) is 1. The van der Waals surface area contributed by atoms with Crippen molar-refractivity contribution in [3.05, 3.63) is 58.7 Å². The minimum absolute atomic E-state index is 0.0541. The van der Waals surface area contributed by atoms with Crippen LogP contribution >= 0.6 is 0 Å². The van der Waals surface area contributed by atoms with E-state index in [9.17, 15) is 0 Å². The minimum atomic E-state index is -0.0541. The summed E-state index contributed by atoms with van der Waals surface area (Å²) in [5, 5.41) is 0. The molecule has 0 aromatic heterocycles. The molecule has 1 atom stereocenters. The van der Waals surface area contributed by atoms with Gasteiger partial charge in [0.05, 0.1) is 26.6 Å². The maximum Gasteiger partial charge on any atom is 0.161 e. The van der Waals surface area contributed by atoms with Gasteiger partial charge in [-0.25, -0.2) is 0 Å². The van der Waals surface area contributed by atoms with Crippen LogP contribution in [0.4, 0.5) is 0 Å². The highest BCUT2D eigenvalue weighted by atomic mass is 16.5. The van der Waals surface area contributed by atoms with Crippen LogP contribution in [0.5, 0.6) is 11.5 Å². The lowest BCUT2D eigenvalue weighted by Gasteiger charge is -2.18. The molecular weight excluding hydrogens is 288 g/mol. The zero-order valence-electron chi connectivity index (χ0n) is 14.2. The van der Waals surface area contributed by atoms with Crippen molar-refractivity contribution in [3.63, 3.8) is 0 Å². The van der Waals surface area contributed by atoms with Crippen molar-refractivity contribution >= 4 is 6.34 Å². The Morgan fingerprint density at radius 2 is 1.78 bits per heavy atom.